The van der Waals surface area contributed by atoms with Gasteiger partial charge in [-0.1, -0.05) is 12.1 Å². The van der Waals surface area contributed by atoms with Gasteiger partial charge in [0.2, 0.25) is 5.91 Å². The molecule has 3 rings (SSSR count). The fourth-order valence-electron chi connectivity index (χ4n) is 3.77. The van der Waals surface area contributed by atoms with Crippen molar-refractivity contribution in [3.05, 3.63) is 59.9 Å². The molecule has 1 heterocycles. The summed E-state index contributed by atoms with van der Waals surface area (Å²) >= 11 is 0. The van der Waals surface area contributed by atoms with Gasteiger partial charge in [0.05, 0.1) is 7.11 Å². The van der Waals surface area contributed by atoms with Crippen LogP contribution in [0.15, 0.2) is 53.5 Å². The number of benzene rings is 2. The largest absolute Gasteiger partial charge is 0.497 e. The predicted octanol–water partition coefficient (Wildman–Crippen LogP) is 2.58. The van der Waals surface area contributed by atoms with Crippen molar-refractivity contribution >= 4 is 17.6 Å². The molecule has 1 aliphatic rings. The first-order valence-electron chi connectivity index (χ1n) is 10.8. The number of piperazine rings is 1. The first-order valence-corrected chi connectivity index (χ1v) is 10.8. The smallest absolute Gasteiger partial charge is 0.224 e. The van der Waals surface area contributed by atoms with Gasteiger partial charge in [0.1, 0.15) is 11.6 Å². The molecule has 0 radical (unpaired) electrons. The molecule has 2 aromatic rings. The molecule has 0 spiro atoms. The number of rotatable bonds is 7. The van der Waals surface area contributed by atoms with Gasteiger partial charge < -0.3 is 24.8 Å². The average Bonchev–Trinajstić information content (AvgIpc) is 2.82. The fraction of sp³-hybridized carbons (Fsp3) is 0.417. The SMILES string of the molecule is CN=C(NCCC(=O)N1CCN(c2ccc(F)cc2)CC1)N(C)Cc1ccc(OC)cc1. The summed E-state index contributed by atoms with van der Waals surface area (Å²) < 4.78 is 18.3. The number of nitrogens with zero attached hydrogens (tertiary/aromatic N) is 4. The topological polar surface area (TPSA) is 60.4 Å². The number of carbonyl (C=O) groups excluding carboxylic acids is 1. The number of ether oxygens (including phenoxy) is 1. The first-order chi connectivity index (χ1) is 15.5. The Hall–Kier alpha value is -3.29. The van der Waals surface area contributed by atoms with E-state index >= 15 is 0 Å². The number of hydrogen-bond donors (Lipinski definition) is 1. The molecule has 1 amide bonds. The second-order valence-electron chi connectivity index (χ2n) is 7.77. The molecule has 1 fully saturated rings. The molecule has 8 heteroatoms. The normalized spacial score (nSPS) is 14.3. The molecule has 1 saturated heterocycles. The van der Waals surface area contributed by atoms with Crippen molar-refractivity contribution in [2.45, 2.75) is 13.0 Å². The molecule has 0 aliphatic carbocycles. The number of carbonyl (C=O) groups is 1. The predicted molar refractivity (Wildman–Crippen MR) is 126 cm³/mol. The van der Waals surface area contributed by atoms with Crippen LogP contribution in [-0.4, -0.2) is 75.6 Å². The van der Waals surface area contributed by atoms with Crippen molar-refractivity contribution in [2.75, 3.05) is 58.8 Å². The third kappa shape index (κ3) is 6.35. The van der Waals surface area contributed by atoms with Crippen LogP contribution in [0.4, 0.5) is 10.1 Å². The van der Waals surface area contributed by atoms with Gasteiger partial charge in [0, 0.05) is 65.5 Å². The van der Waals surface area contributed by atoms with Crippen molar-refractivity contribution in [1.29, 1.82) is 0 Å². The minimum Gasteiger partial charge on any atom is -0.497 e. The lowest BCUT2D eigenvalue weighted by Crippen LogP contribution is -2.49. The van der Waals surface area contributed by atoms with Crippen LogP contribution in [0.2, 0.25) is 0 Å². The lowest BCUT2D eigenvalue weighted by atomic mass is 10.2. The van der Waals surface area contributed by atoms with Crippen LogP contribution in [0.3, 0.4) is 0 Å². The Kier molecular flexibility index (Phi) is 8.30. The number of methoxy groups -OCH3 is 1. The lowest BCUT2D eigenvalue weighted by molar-refractivity contribution is -0.131. The molecule has 2 aromatic carbocycles. The maximum absolute atomic E-state index is 13.1. The Balaban J connectivity index is 1.40. The summed E-state index contributed by atoms with van der Waals surface area (Å²) in [6, 6.07) is 14.4. The Bertz CT molecular complexity index is 894. The van der Waals surface area contributed by atoms with E-state index in [9.17, 15) is 9.18 Å². The summed E-state index contributed by atoms with van der Waals surface area (Å²) in [6.07, 6.45) is 0.409. The summed E-state index contributed by atoms with van der Waals surface area (Å²) in [6.45, 7) is 4.05. The van der Waals surface area contributed by atoms with E-state index in [-0.39, 0.29) is 11.7 Å². The highest BCUT2D eigenvalue weighted by Crippen LogP contribution is 2.17. The van der Waals surface area contributed by atoms with E-state index in [1.54, 1.807) is 26.3 Å². The fourth-order valence-corrected chi connectivity index (χ4v) is 3.77. The van der Waals surface area contributed by atoms with Crippen molar-refractivity contribution in [1.82, 2.24) is 15.1 Å². The highest BCUT2D eigenvalue weighted by atomic mass is 19.1. The first kappa shape index (κ1) is 23.4. The molecule has 1 aliphatic heterocycles. The van der Waals surface area contributed by atoms with Crippen molar-refractivity contribution < 1.29 is 13.9 Å². The number of guanidine groups is 1. The number of amides is 1. The van der Waals surface area contributed by atoms with E-state index in [4.69, 9.17) is 4.74 Å². The number of anilines is 1. The van der Waals surface area contributed by atoms with Gasteiger partial charge >= 0.3 is 0 Å². The second kappa shape index (κ2) is 11.4. The number of hydrogen-bond acceptors (Lipinski definition) is 4. The number of halogens is 1. The molecule has 1 N–H and O–H groups in total. The molecule has 0 saturated carbocycles. The minimum atomic E-state index is -0.236. The highest BCUT2D eigenvalue weighted by molar-refractivity contribution is 5.81. The molecule has 32 heavy (non-hydrogen) atoms. The van der Waals surface area contributed by atoms with Gasteiger partial charge in [-0.3, -0.25) is 9.79 Å². The van der Waals surface area contributed by atoms with E-state index in [1.165, 1.54) is 12.1 Å². The third-order valence-electron chi connectivity index (χ3n) is 5.60. The third-order valence-corrected chi connectivity index (χ3v) is 5.60. The molecule has 0 aromatic heterocycles. The van der Waals surface area contributed by atoms with Crippen LogP contribution in [0.25, 0.3) is 0 Å². The van der Waals surface area contributed by atoms with Crippen molar-refractivity contribution in [2.24, 2.45) is 4.99 Å². The van der Waals surface area contributed by atoms with Gasteiger partial charge in [-0.15, -0.1) is 0 Å². The summed E-state index contributed by atoms with van der Waals surface area (Å²) in [4.78, 5) is 23.0. The standard InChI is InChI=1S/C24H32FN5O2/c1-26-24(28(2)18-19-4-10-22(32-3)11-5-19)27-13-12-23(31)30-16-14-29(15-17-30)21-8-6-20(25)7-9-21/h4-11H,12-18H2,1-3H3,(H,26,27). The monoisotopic (exact) mass is 441 g/mol. The number of nitrogens with one attached hydrogen (secondary N) is 1. The minimum absolute atomic E-state index is 0.129. The zero-order chi connectivity index (χ0) is 22.9. The van der Waals surface area contributed by atoms with E-state index < -0.39 is 0 Å². The van der Waals surface area contributed by atoms with Gasteiger partial charge in [0.25, 0.3) is 0 Å². The molecule has 0 atom stereocenters. The molecule has 7 nitrogen and oxygen atoms in total. The molecule has 0 unspecified atom stereocenters. The van der Waals surface area contributed by atoms with E-state index in [0.717, 1.165) is 36.0 Å². The Labute approximate surface area is 189 Å². The molecular formula is C24H32FN5O2. The zero-order valence-corrected chi connectivity index (χ0v) is 19.1. The van der Waals surface area contributed by atoms with Crippen LogP contribution >= 0.6 is 0 Å². The quantitative estimate of drug-likeness (QED) is 0.529. The molecule has 172 valence electrons. The Morgan fingerprint density at radius 1 is 1.09 bits per heavy atom. The molecule has 0 bridgehead atoms. The van der Waals surface area contributed by atoms with Crippen LogP contribution < -0.4 is 15.0 Å². The Morgan fingerprint density at radius 2 is 1.75 bits per heavy atom. The molecular weight excluding hydrogens is 409 g/mol. The van der Waals surface area contributed by atoms with Crippen molar-refractivity contribution in [3.8, 4) is 5.75 Å². The maximum Gasteiger partial charge on any atom is 0.224 e. The maximum atomic E-state index is 13.1. The van der Waals surface area contributed by atoms with E-state index in [1.807, 2.05) is 41.1 Å². The van der Waals surface area contributed by atoms with Crippen LogP contribution in [0, 0.1) is 5.82 Å². The summed E-state index contributed by atoms with van der Waals surface area (Å²) in [7, 11) is 5.36. The van der Waals surface area contributed by atoms with Gasteiger partial charge in [-0.2, -0.15) is 0 Å². The zero-order valence-electron chi connectivity index (χ0n) is 19.1. The second-order valence-corrected chi connectivity index (χ2v) is 7.77. The highest BCUT2D eigenvalue weighted by Gasteiger charge is 2.21. The average molecular weight is 442 g/mol. The van der Waals surface area contributed by atoms with E-state index in [2.05, 4.69) is 15.2 Å². The van der Waals surface area contributed by atoms with Gasteiger partial charge in [-0.25, -0.2) is 4.39 Å². The van der Waals surface area contributed by atoms with Crippen LogP contribution in [0.5, 0.6) is 5.75 Å². The number of aliphatic imine (C=N–C) groups is 1. The van der Waals surface area contributed by atoms with Gasteiger partial charge in [-0.05, 0) is 42.0 Å². The summed E-state index contributed by atoms with van der Waals surface area (Å²) in [5, 5.41) is 3.28. The van der Waals surface area contributed by atoms with Gasteiger partial charge in [0.15, 0.2) is 5.96 Å². The lowest BCUT2D eigenvalue weighted by Gasteiger charge is -2.36. The van der Waals surface area contributed by atoms with E-state index in [0.29, 0.717) is 32.6 Å². The Morgan fingerprint density at radius 3 is 2.34 bits per heavy atom. The van der Waals surface area contributed by atoms with Crippen LogP contribution in [0.1, 0.15) is 12.0 Å². The summed E-state index contributed by atoms with van der Waals surface area (Å²) in [5.41, 5.74) is 2.13. The van der Waals surface area contributed by atoms with Crippen molar-refractivity contribution in [3.63, 3.8) is 0 Å². The summed E-state index contributed by atoms with van der Waals surface area (Å²) in [5.74, 6) is 1.47. The van der Waals surface area contributed by atoms with Crippen LogP contribution in [-0.2, 0) is 11.3 Å².